The van der Waals surface area contributed by atoms with Crippen LogP contribution in [0.4, 0.5) is 15.9 Å². The molecule has 1 aromatic carbocycles. The molecule has 0 unspecified atom stereocenters. The molecule has 1 aromatic heterocycles. The zero-order valence-electron chi connectivity index (χ0n) is 11.0. The van der Waals surface area contributed by atoms with Crippen LogP contribution in [0.2, 0.25) is 0 Å². The van der Waals surface area contributed by atoms with Crippen molar-refractivity contribution in [1.29, 1.82) is 5.26 Å². The minimum atomic E-state index is -0.537. The van der Waals surface area contributed by atoms with Crippen LogP contribution < -0.4 is 5.32 Å². The molecule has 0 aliphatic rings. The van der Waals surface area contributed by atoms with Crippen molar-refractivity contribution in [3.05, 3.63) is 46.1 Å². The molecule has 0 radical (unpaired) electrons. The molecule has 0 bridgehead atoms. The van der Waals surface area contributed by atoms with E-state index in [-0.39, 0.29) is 11.5 Å². The number of rotatable bonds is 3. The van der Waals surface area contributed by atoms with E-state index in [0.29, 0.717) is 21.9 Å². The summed E-state index contributed by atoms with van der Waals surface area (Å²) >= 11 is 3.33. The topological polar surface area (TPSA) is 61.6 Å². The lowest BCUT2D eigenvalue weighted by atomic mass is 10.2. The first-order valence-electron chi connectivity index (χ1n) is 6.00. The van der Waals surface area contributed by atoms with Gasteiger partial charge in [-0.2, -0.15) is 5.26 Å². The molecule has 0 saturated heterocycles. The summed E-state index contributed by atoms with van der Waals surface area (Å²) in [5.74, 6) is 0.941. The van der Waals surface area contributed by atoms with Crippen molar-refractivity contribution in [3.8, 4) is 6.07 Å². The average Bonchev–Trinajstić information content (AvgIpc) is 2.40. The minimum absolute atomic E-state index is 0.00722. The second kappa shape index (κ2) is 5.97. The molecule has 1 N–H and O–H groups in total. The van der Waals surface area contributed by atoms with E-state index in [2.05, 4.69) is 31.2 Å². The standard InChI is InChI=1S/C14H12BrFN4/c1-8(2)14-19-12(15)6-13(20-14)18-10-3-4-11(16)9(5-10)7-17/h3-6,8H,1-2H3,(H,18,19,20). The Morgan fingerprint density at radius 3 is 2.70 bits per heavy atom. The molecule has 0 aliphatic heterocycles. The summed E-state index contributed by atoms with van der Waals surface area (Å²) < 4.78 is 13.9. The molecule has 0 amide bonds. The lowest BCUT2D eigenvalue weighted by molar-refractivity contribution is 0.624. The maximum atomic E-state index is 13.3. The lowest BCUT2D eigenvalue weighted by Crippen LogP contribution is -2.02. The highest BCUT2D eigenvalue weighted by atomic mass is 79.9. The first kappa shape index (κ1) is 14.4. The van der Waals surface area contributed by atoms with Crippen LogP contribution in [-0.2, 0) is 0 Å². The van der Waals surface area contributed by atoms with Crippen molar-refractivity contribution in [2.45, 2.75) is 19.8 Å². The van der Waals surface area contributed by atoms with Crippen LogP contribution in [0.15, 0.2) is 28.9 Å². The average molecular weight is 335 g/mol. The van der Waals surface area contributed by atoms with Gasteiger partial charge in [0, 0.05) is 17.7 Å². The Bertz CT molecular complexity index is 679. The Labute approximate surface area is 124 Å². The molecule has 1 heterocycles. The van der Waals surface area contributed by atoms with Crippen molar-refractivity contribution < 1.29 is 4.39 Å². The van der Waals surface area contributed by atoms with E-state index in [1.54, 1.807) is 18.2 Å². The fraction of sp³-hybridized carbons (Fsp3) is 0.214. The number of nitriles is 1. The van der Waals surface area contributed by atoms with Crippen LogP contribution in [0.5, 0.6) is 0 Å². The molecule has 0 aliphatic carbocycles. The van der Waals surface area contributed by atoms with Crippen molar-refractivity contribution in [3.63, 3.8) is 0 Å². The monoisotopic (exact) mass is 334 g/mol. The van der Waals surface area contributed by atoms with Crippen LogP contribution >= 0.6 is 15.9 Å². The lowest BCUT2D eigenvalue weighted by Gasteiger charge is -2.10. The van der Waals surface area contributed by atoms with Crippen LogP contribution in [0.3, 0.4) is 0 Å². The Hall–Kier alpha value is -2.00. The highest BCUT2D eigenvalue weighted by Crippen LogP contribution is 2.22. The zero-order valence-corrected chi connectivity index (χ0v) is 12.6. The molecule has 0 saturated carbocycles. The van der Waals surface area contributed by atoms with Gasteiger partial charge in [0.1, 0.15) is 28.1 Å². The van der Waals surface area contributed by atoms with Crippen LogP contribution in [0.1, 0.15) is 31.2 Å². The van der Waals surface area contributed by atoms with Crippen molar-refractivity contribution in [1.82, 2.24) is 9.97 Å². The molecule has 0 spiro atoms. The molecule has 20 heavy (non-hydrogen) atoms. The predicted octanol–water partition coefficient (Wildman–Crippen LogP) is 4.12. The largest absolute Gasteiger partial charge is 0.340 e. The van der Waals surface area contributed by atoms with Gasteiger partial charge in [0.15, 0.2) is 0 Å². The van der Waals surface area contributed by atoms with Crippen LogP contribution in [-0.4, -0.2) is 9.97 Å². The summed E-state index contributed by atoms with van der Waals surface area (Å²) in [6, 6.07) is 7.78. The second-order valence-corrected chi connectivity index (χ2v) is 5.33. The zero-order chi connectivity index (χ0) is 14.7. The Kier molecular flexibility index (Phi) is 4.30. The van der Waals surface area contributed by atoms with Gasteiger partial charge in [0.25, 0.3) is 0 Å². The SMILES string of the molecule is CC(C)c1nc(Br)cc(Nc2ccc(F)c(C#N)c2)n1. The number of nitrogens with zero attached hydrogens (tertiary/aromatic N) is 3. The molecule has 0 fully saturated rings. The van der Waals surface area contributed by atoms with E-state index in [1.807, 2.05) is 13.8 Å². The number of nitrogens with one attached hydrogen (secondary N) is 1. The third kappa shape index (κ3) is 3.31. The predicted molar refractivity (Wildman–Crippen MR) is 78.2 cm³/mol. The highest BCUT2D eigenvalue weighted by Gasteiger charge is 2.08. The van der Waals surface area contributed by atoms with E-state index >= 15 is 0 Å². The van der Waals surface area contributed by atoms with Gasteiger partial charge in [0.2, 0.25) is 0 Å². The third-order valence-corrected chi connectivity index (χ3v) is 2.99. The third-order valence-electron chi connectivity index (χ3n) is 2.59. The summed E-state index contributed by atoms with van der Waals surface area (Å²) in [7, 11) is 0. The van der Waals surface area contributed by atoms with E-state index in [4.69, 9.17) is 5.26 Å². The Morgan fingerprint density at radius 1 is 1.30 bits per heavy atom. The van der Waals surface area contributed by atoms with Gasteiger partial charge in [-0.15, -0.1) is 0 Å². The summed E-state index contributed by atoms with van der Waals surface area (Å²) in [4.78, 5) is 8.65. The molecular formula is C14H12BrFN4. The van der Waals surface area contributed by atoms with Crippen molar-refractivity contribution >= 4 is 27.4 Å². The minimum Gasteiger partial charge on any atom is -0.340 e. The van der Waals surface area contributed by atoms with E-state index in [1.165, 1.54) is 12.1 Å². The molecule has 0 atom stereocenters. The van der Waals surface area contributed by atoms with E-state index < -0.39 is 5.82 Å². The van der Waals surface area contributed by atoms with E-state index in [0.717, 1.165) is 0 Å². The van der Waals surface area contributed by atoms with E-state index in [9.17, 15) is 4.39 Å². The number of hydrogen-bond acceptors (Lipinski definition) is 4. The number of halogens is 2. The first-order chi connectivity index (χ1) is 9.49. The molecule has 2 aromatic rings. The van der Waals surface area contributed by atoms with Gasteiger partial charge in [-0.05, 0) is 34.1 Å². The fourth-order valence-corrected chi connectivity index (χ4v) is 1.99. The van der Waals surface area contributed by atoms with Gasteiger partial charge in [0.05, 0.1) is 5.56 Å². The van der Waals surface area contributed by atoms with Gasteiger partial charge in [-0.25, -0.2) is 14.4 Å². The molecule has 102 valence electrons. The van der Waals surface area contributed by atoms with Gasteiger partial charge >= 0.3 is 0 Å². The van der Waals surface area contributed by atoms with Crippen molar-refractivity contribution in [2.24, 2.45) is 0 Å². The summed E-state index contributed by atoms with van der Waals surface area (Å²) in [5, 5.41) is 11.9. The Balaban J connectivity index is 2.33. The molecule has 2 rings (SSSR count). The first-order valence-corrected chi connectivity index (χ1v) is 6.80. The summed E-state index contributed by atoms with van der Waals surface area (Å²) in [5.41, 5.74) is 0.593. The van der Waals surface area contributed by atoms with Gasteiger partial charge < -0.3 is 5.32 Å². The maximum absolute atomic E-state index is 13.3. The smallest absolute Gasteiger partial charge is 0.141 e. The normalized spacial score (nSPS) is 10.4. The van der Waals surface area contributed by atoms with Gasteiger partial charge in [-0.3, -0.25) is 0 Å². The van der Waals surface area contributed by atoms with Crippen LogP contribution in [0.25, 0.3) is 0 Å². The van der Waals surface area contributed by atoms with Gasteiger partial charge in [-0.1, -0.05) is 13.8 Å². The quantitative estimate of drug-likeness (QED) is 0.857. The van der Waals surface area contributed by atoms with Crippen molar-refractivity contribution in [2.75, 3.05) is 5.32 Å². The highest BCUT2D eigenvalue weighted by molar-refractivity contribution is 9.10. The number of aromatic nitrogens is 2. The second-order valence-electron chi connectivity index (χ2n) is 4.52. The Morgan fingerprint density at radius 2 is 2.05 bits per heavy atom. The molecule has 6 heteroatoms. The maximum Gasteiger partial charge on any atom is 0.141 e. The van der Waals surface area contributed by atoms with Crippen LogP contribution in [0, 0.1) is 17.1 Å². The fourth-order valence-electron chi connectivity index (χ4n) is 1.59. The summed E-state index contributed by atoms with van der Waals surface area (Å²) in [6.45, 7) is 3.99. The number of benzene rings is 1. The number of hydrogen-bond donors (Lipinski definition) is 1. The summed E-state index contributed by atoms with van der Waals surface area (Å²) in [6.07, 6.45) is 0. The molecule has 4 nitrogen and oxygen atoms in total. The number of anilines is 2. The molecular weight excluding hydrogens is 323 g/mol.